The Balaban J connectivity index is 1.71. The van der Waals surface area contributed by atoms with E-state index >= 15 is 0 Å². The van der Waals surface area contributed by atoms with Crippen LogP contribution in [-0.2, 0) is 17.9 Å². The predicted octanol–water partition coefficient (Wildman–Crippen LogP) is 5.82. The van der Waals surface area contributed by atoms with Crippen molar-refractivity contribution in [3.63, 3.8) is 0 Å². The third kappa shape index (κ3) is 7.14. The Bertz CT molecular complexity index is 1090. The molecule has 0 aliphatic rings. The number of aromatic nitrogens is 1. The molecule has 0 unspecified atom stereocenters. The topological polar surface area (TPSA) is 68.4 Å². The highest BCUT2D eigenvalue weighted by Crippen LogP contribution is 2.15. The zero-order chi connectivity index (χ0) is 23.6. The Morgan fingerprint density at radius 1 is 1.09 bits per heavy atom. The van der Waals surface area contributed by atoms with E-state index < -0.39 is 4.92 Å². The molecule has 1 aromatic heterocycles. The van der Waals surface area contributed by atoms with Crippen LogP contribution in [0.2, 0.25) is 0 Å². The molecule has 0 saturated heterocycles. The fraction of sp³-hybridized carbons (Fsp3) is 0.269. The number of nitro groups is 1. The molecular formula is C26H28FN3O3. The minimum absolute atomic E-state index is 0.0154. The van der Waals surface area contributed by atoms with Crippen molar-refractivity contribution in [2.24, 2.45) is 0 Å². The minimum atomic E-state index is -0.449. The first-order valence-corrected chi connectivity index (χ1v) is 11.1. The number of carbonyl (C=O) groups excluding carboxylic acids is 1. The monoisotopic (exact) mass is 449 g/mol. The molecule has 0 aliphatic carbocycles. The van der Waals surface area contributed by atoms with Crippen molar-refractivity contribution < 1.29 is 14.1 Å². The fourth-order valence-electron chi connectivity index (χ4n) is 3.53. The number of non-ortho nitro benzene ring substituents is 1. The minimum Gasteiger partial charge on any atom is -0.345 e. The number of nitrogens with zero attached hydrogens (tertiary/aromatic N) is 3. The van der Waals surface area contributed by atoms with Crippen LogP contribution in [0.25, 0.3) is 6.08 Å². The van der Waals surface area contributed by atoms with Crippen molar-refractivity contribution >= 4 is 17.7 Å². The maximum absolute atomic E-state index is 13.2. The van der Waals surface area contributed by atoms with Crippen molar-refractivity contribution in [1.82, 2.24) is 9.47 Å². The van der Waals surface area contributed by atoms with Gasteiger partial charge in [-0.3, -0.25) is 14.9 Å². The third-order valence-electron chi connectivity index (χ3n) is 5.41. The van der Waals surface area contributed by atoms with E-state index in [0.29, 0.717) is 19.6 Å². The summed E-state index contributed by atoms with van der Waals surface area (Å²) < 4.78 is 15.3. The number of nitro benzene ring substituents is 1. The van der Waals surface area contributed by atoms with Gasteiger partial charge in [0, 0.05) is 43.2 Å². The van der Waals surface area contributed by atoms with Gasteiger partial charge >= 0.3 is 0 Å². The van der Waals surface area contributed by atoms with E-state index in [2.05, 4.69) is 11.5 Å². The van der Waals surface area contributed by atoms with Gasteiger partial charge in [-0.1, -0.05) is 31.9 Å². The van der Waals surface area contributed by atoms with Gasteiger partial charge in [0.25, 0.3) is 5.69 Å². The highest BCUT2D eigenvalue weighted by molar-refractivity contribution is 5.91. The number of halogens is 1. The lowest BCUT2D eigenvalue weighted by molar-refractivity contribution is -0.384. The van der Waals surface area contributed by atoms with E-state index in [9.17, 15) is 19.3 Å². The highest BCUT2D eigenvalue weighted by Gasteiger charge is 2.14. The van der Waals surface area contributed by atoms with Crippen LogP contribution >= 0.6 is 0 Å². The van der Waals surface area contributed by atoms with Gasteiger partial charge in [0.05, 0.1) is 11.5 Å². The summed E-state index contributed by atoms with van der Waals surface area (Å²) in [6.07, 6.45) is 8.15. The van der Waals surface area contributed by atoms with Gasteiger partial charge in [0.15, 0.2) is 0 Å². The fourth-order valence-corrected chi connectivity index (χ4v) is 3.53. The summed E-state index contributed by atoms with van der Waals surface area (Å²) >= 11 is 0. The summed E-state index contributed by atoms with van der Waals surface area (Å²) in [6, 6.07) is 16.4. The number of rotatable bonds is 11. The van der Waals surface area contributed by atoms with Gasteiger partial charge < -0.3 is 9.47 Å². The second kappa shape index (κ2) is 11.8. The maximum Gasteiger partial charge on any atom is 0.269 e. The van der Waals surface area contributed by atoms with Gasteiger partial charge in [-0.15, -0.1) is 0 Å². The molecule has 1 amide bonds. The van der Waals surface area contributed by atoms with E-state index in [1.165, 1.54) is 30.3 Å². The van der Waals surface area contributed by atoms with Crippen molar-refractivity contribution in [1.29, 1.82) is 0 Å². The molecule has 0 spiro atoms. The molecule has 0 N–H and O–H groups in total. The van der Waals surface area contributed by atoms with E-state index in [4.69, 9.17) is 0 Å². The van der Waals surface area contributed by atoms with Crippen LogP contribution in [0.3, 0.4) is 0 Å². The summed E-state index contributed by atoms with van der Waals surface area (Å²) in [5.74, 6) is -0.377. The molecule has 7 heteroatoms. The largest absolute Gasteiger partial charge is 0.345 e. The summed E-state index contributed by atoms with van der Waals surface area (Å²) in [4.78, 5) is 25.2. The molecule has 3 rings (SSSR count). The molecule has 1 heterocycles. The molecule has 0 atom stereocenters. The summed E-state index contributed by atoms with van der Waals surface area (Å²) in [6.45, 7) is 3.81. The molecule has 172 valence electrons. The SMILES string of the molecule is CCCCCN(Cc1cccn1Cc1ccc(F)cc1)C(=O)C=Cc1ccc([N+](=O)[O-])cc1. The molecular weight excluding hydrogens is 421 g/mol. The van der Waals surface area contributed by atoms with E-state index in [1.807, 2.05) is 23.2 Å². The van der Waals surface area contributed by atoms with Crippen LogP contribution in [0.5, 0.6) is 0 Å². The van der Waals surface area contributed by atoms with Crippen LogP contribution < -0.4 is 0 Å². The average Bonchev–Trinajstić information content (AvgIpc) is 3.25. The zero-order valence-corrected chi connectivity index (χ0v) is 18.7. The standard InChI is InChI=1S/C26H28FN3O3/c1-2-3-4-17-29(26(31)16-11-21-9-14-24(15-10-21)30(32)33)20-25-6-5-18-28(25)19-22-7-12-23(27)13-8-22/h5-16,18H,2-4,17,19-20H2,1H3. The Morgan fingerprint density at radius 2 is 1.82 bits per heavy atom. The first-order valence-electron chi connectivity index (χ1n) is 11.1. The smallest absolute Gasteiger partial charge is 0.269 e. The normalized spacial score (nSPS) is 11.1. The van der Waals surface area contributed by atoms with E-state index in [-0.39, 0.29) is 17.4 Å². The van der Waals surface area contributed by atoms with Crippen molar-refractivity contribution in [2.75, 3.05) is 6.54 Å². The highest BCUT2D eigenvalue weighted by atomic mass is 19.1. The van der Waals surface area contributed by atoms with Gasteiger partial charge in [-0.05, 0) is 60.0 Å². The first kappa shape index (κ1) is 23.9. The average molecular weight is 450 g/mol. The van der Waals surface area contributed by atoms with Gasteiger partial charge in [-0.25, -0.2) is 4.39 Å². The first-order chi connectivity index (χ1) is 16.0. The van der Waals surface area contributed by atoms with Crippen LogP contribution in [0.15, 0.2) is 72.9 Å². The van der Waals surface area contributed by atoms with Crippen molar-refractivity contribution in [2.45, 2.75) is 39.3 Å². The van der Waals surface area contributed by atoms with Crippen LogP contribution in [0.4, 0.5) is 10.1 Å². The molecule has 0 fully saturated rings. The predicted molar refractivity (Wildman–Crippen MR) is 127 cm³/mol. The zero-order valence-electron chi connectivity index (χ0n) is 18.7. The molecule has 0 aliphatic heterocycles. The van der Waals surface area contributed by atoms with Crippen molar-refractivity contribution in [3.05, 3.63) is 106 Å². The van der Waals surface area contributed by atoms with Crippen LogP contribution in [0, 0.1) is 15.9 Å². The number of hydrogen-bond donors (Lipinski definition) is 0. The van der Waals surface area contributed by atoms with Crippen molar-refractivity contribution in [3.8, 4) is 0 Å². The number of amides is 1. The Hall–Kier alpha value is -3.74. The Labute approximate surface area is 193 Å². The molecule has 33 heavy (non-hydrogen) atoms. The number of hydrogen-bond acceptors (Lipinski definition) is 3. The van der Waals surface area contributed by atoms with E-state index in [1.54, 1.807) is 30.3 Å². The van der Waals surface area contributed by atoms with Crippen LogP contribution in [0.1, 0.15) is 43.0 Å². The molecule has 2 aromatic carbocycles. The number of unbranched alkanes of at least 4 members (excludes halogenated alkanes) is 2. The second-order valence-electron chi connectivity index (χ2n) is 7.90. The summed E-state index contributed by atoms with van der Waals surface area (Å²) in [5.41, 5.74) is 2.72. The quantitative estimate of drug-likeness (QED) is 0.160. The molecule has 0 radical (unpaired) electrons. The lowest BCUT2D eigenvalue weighted by Crippen LogP contribution is -2.31. The Kier molecular flexibility index (Phi) is 8.52. The number of carbonyl (C=O) groups is 1. The third-order valence-corrected chi connectivity index (χ3v) is 5.41. The molecule has 3 aromatic rings. The number of benzene rings is 2. The lowest BCUT2D eigenvalue weighted by Gasteiger charge is -2.22. The molecule has 0 saturated carbocycles. The van der Waals surface area contributed by atoms with Crippen LogP contribution in [-0.4, -0.2) is 26.8 Å². The van der Waals surface area contributed by atoms with Gasteiger partial charge in [0.1, 0.15) is 5.82 Å². The molecule has 0 bridgehead atoms. The van der Waals surface area contributed by atoms with Gasteiger partial charge in [-0.2, -0.15) is 0 Å². The Morgan fingerprint density at radius 3 is 2.48 bits per heavy atom. The lowest BCUT2D eigenvalue weighted by atomic mass is 10.2. The molecule has 6 nitrogen and oxygen atoms in total. The van der Waals surface area contributed by atoms with E-state index in [0.717, 1.165) is 36.1 Å². The summed E-state index contributed by atoms with van der Waals surface area (Å²) in [7, 11) is 0. The van der Waals surface area contributed by atoms with Gasteiger partial charge in [0.2, 0.25) is 5.91 Å². The summed E-state index contributed by atoms with van der Waals surface area (Å²) in [5, 5.41) is 10.8. The second-order valence-corrected chi connectivity index (χ2v) is 7.90. The maximum atomic E-state index is 13.2.